The molecular weight excluding hydrogens is 337 g/mol. The summed E-state index contributed by atoms with van der Waals surface area (Å²) in [6.07, 6.45) is 0. The van der Waals surface area contributed by atoms with E-state index in [-0.39, 0.29) is 0 Å². The molecule has 136 valence electrons. The summed E-state index contributed by atoms with van der Waals surface area (Å²) in [4.78, 5) is 2.08. The minimum atomic E-state index is 1.25. The molecule has 0 aliphatic heterocycles. The van der Waals surface area contributed by atoms with Gasteiger partial charge in [-0.3, -0.25) is 0 Å². The van der Waals surface area contributed by atoms with E-state index in [1.807, 2.05) is 32.3 Å². The number of nitrogens with zero attached hydrogens (tertiary/aromatic N) is 1. The summed E-state index contributed by atoms with van der Waals surface area (Å²) in [6, 6.07) is 34.4. The van der Waals surface area contributed by atoms with Crippen LogP contribution in [0.2, 0.25) is 0 Å². The summed E-state index contributed by atoms with van der Waals surface area (Å²) >= 11 is 0. The minimum Gasteiger partial charge on any atom is -0.378 e. The van der Waals surface area contributed by atoms with Crippen molar-refractivity contribution in [2.75, 3.05) is 19.0 Å². The summed E-state index contributed by atoms with van der Waals surface area (Å²) < 4.78 is 0. The molecule has 2 heteroatoms. The Hall–Kier alpha value is -3.26. The molecule has 5 aromatic carbocycles. The Balaban J connectivity index is 0.000000181. The zero-order valence-electron chi connectivity index (χ0n) is 16.7. The molecule has 0 saturated carbocycles. The topological polar surface area (TPSA) is 3.24 Å². The van der Waals surface area contributed by atoms with E-state index in [0.717, 1.165) is 0 Å². The smallest absolute Gasteiger partial charge is 0.140 e. The summed E-state index contributed by atoms with van der Waals surface area (Å²) in [5.41, 5.74) is 2.59. The van der Waals surface area contributed by atoms with Crippen molar-refractivity contribution in [1.82, 2.24) is 0 Å². The van der Waals surface area contributed by atoms with Crippen molar-refractivity contribution in [2.24, 2.45) is 0 Å². The van der Waals surface area contributed by atoms with E-state index in [4.69, 9.17) is 0 Å². The van der Waals surface area contributed by atoms with E-state index in [1.165, 1.54) is 43.5 Å². The second-order valence-electron chi connectivity index (χ2n) is 7.39. The molecule has 0 aliphatic rings. The molecule has 0 spiro atoms. The van der Waals surface area contributed by atoms with E-state index in [1.54, 1.807) is 0 Å². The maximum absolute atomic E-state index is 2.32. The lowest BCUT2D eigenvalue weighted by atomic mass is 9.87. The first-order valence-corrected chi connectivity index (χ1v) is 9.67. The lowest BCUT2D eigenvalue weighted by Gasteiger charge is -2.10. The van der Waals surface area contributed by atoms with E-state index in [0.29, 0.717) is 0 Å². The number of hydrogen-bond acceptors (Lipinski definition) is 1. The second kappa shape index (κ2) is 7.78. The van der Waals surface area contributed by atoms with Crippen molar-refractivity contribution < 1.29 is 0 Å². The fraction of sp³-hybridized carbons (Fsp3) is 0.0769. The van der Waals surface area contributed by atoms with Crippen molar-refractivity contribution in [2.45, 2.75) is 0 Å². The van der Waals surface area contributed by atoms with Crippen LogP contribution < -0.4 is 10.4 Å². The molecule has 0 saturated heterocycles. The maximum Gasteiger partial charge on any atom is 0.140 e. The molecule has 0 N–H and O–H groups in total. The number of fused-ring (bicyclic) bond motifs is 4. The number of hydrogen-bond donors (Lipinski definition) is 0. The van der Waals surface area contributed by atoms with Gasteiger partial charge in [0.25, 0.3) is 0 Å². The third-order valence-electron chi connectivity index (χ3n) is 5.21. The Kier molecular flexibility index (Phi) is 5.03. The van der Waals surface area contributed by atoms with Gasteiger partial charge in [-0.15, -0.1) is 0 Å². The quantitative estimate of drug-likeness (QED) is 0.227. The molecule has 0 fully saturated rings. The second-order valence-corrected chi connectivity index (χ2v) is 7.39. The average molecular weight is 361 g/mol. The Morgan fingerprint density at radius 1 is 0.571 bits per heavy atom. The first-order chi connectivity index (χ1) is 13.6. The van der Waals surface area contributed by atoms with Gasteiger partial charge in [0.15, 0.2) is 0 Å². The molecule has 0 unspecified atom stereocenters. The van der Waals surface area contributed by atoms with Crippen LogP contribution in [0.1, 0.15) is 0 Å². The Labute approximate surface area is 167 Å². The van der Waals surface area contributed by atoms with Gasteiger partial charge < -0.3 is 4.90 Å². The molecule has 0 atom stereocenters. The fourth-order valence-corrected chi connectivity index (χ4v) is 3.72. The van der Waals surface area contributed by atoms with Crippen LogP contribution in [-0.4, -0.2) is 21.9 Å². The molecule has 0 amide bonds. The molecule has 0 bridgehead atoms. The average Bonchev–Trinajstić information content (AvgIpc) is 2.73. The van der Waals surface area contributed by atoms with Gasteiger partial charge in [0.05, 0.1) is 0 Å². The van der Waals surface area contributed by atoms with Crippen molar-refractivity contribution in [3.05, 3.63) is 97.1 Å². The van der Waals surface area contributed by atoms with Gasteiger partial charge in [-0.1, -0.05) is 78.3 Å². The first kappa shape index (κ1) is 18.1. The lowest BCUT2D eigenvalue weighted by Crippen LogP contribution is -2.07. The van der Waals surface area contributed by atoms with Crippen LogP contribution in [-0.2, 0) is 0 Å². The number of benzene rings is 5. The Bertz CT molecular complexity index is 1240. The van der Waals surface area contributed by atoms with Gasteiger partial charge in [0.2, 0.25) is 0 Å². The van der Waals surface area contributed by atoms with Crippen molar-refractivity contribution >= 4 is 51.3 Å². The van der Waals surface area contributed by atoms with E-state index in [9.17, 15) is 0 Å². The van der Waals surface area contributed by atoms with Crippen LogP contribution in [0.15, 0.2) is 97.1 Å². The third kappa shape index (κ3) is 3.59. The van der Waals surface area contributed by atoms with E-state index in [2.05, 4.69) is 91.6 Å². The summed E-state index contributed by atoms with van der Waals surface area (Å²) in [7, 11) is 6.27. The molecule has 5 aromatic rings. The van der Waals surface area contributed by atoms with Gasteiger partial charge in [-0.2, -0.15) is 0 Å². The first-order valence-electron chi connectivity index (χ1n) is 9.67. The number of anilines is 1. The van der Waals surface area contributed by atoms with Gasteiger partial charge >= 0.3 is 0 Å². The fourth-order valence-electron chi connectivity index (χ4n) is 3.72. The summed E-state index contributed by atoms with van der Waals surface area (Å²) in [5, 5.41) is 8.00. The van der Waals surface area contributed by atoms with Crippen LogP contribution in [0.4, 0.5) is 5.69 Å². The molecule has 0 aliphatic carbocycles. The largest absolute Gasteiger partial charge is 0.378 e. The highest BCUT2D eigenvalue weighted by Gasteiger charge is 2.04. The Morgan fingerprint density at radius 3 is 1.86 bits per heavy atom. The monoisotopic (exact) mass is 361 g/mol. The van der Waals surface area contributed by atoms with Gasteiger partial charge in [0.1, 0.15) is 7.85 Å². The van der Waals surface area contributed by atoms with Crippen LogP contribution in [0.25, 0.3) is 32.3 Å². The highest BCUT2D eigenvalue weighted by molar-refractivity contribution is 6.41. The highest BCUT2D eigenvalue weighted by Crippen LogP contribution is 2.28. The summed E-state index contributed by atoms with van der Waals surface area (Å²) in [6.45, 7) is 0. The van der Waals surface area contributed by atoms with E-state index >= 15 is 0 Å². The van der Waals surface area contributed by atoms with Crippen LogP contribution in [0.5, 0.6) is 0 Å². The third-order valence-corrected chi connectivity index (χ3v) is 5.21. The molecule has 1 nitrogen and oxygen atoms in total. The van der Waals surface area contributed by atoms with Gasteiger partial charge in [-0.05, 0) is 56.6 Å². The predicted molar refractivity (Wildman–Crippen MR) is 128 cm³/mol. The molecule has 0 heterocycles. The molecule has 0 radical (unpaired) electrons. The van der Waals surface area contributed by atoms with Gasteiger partial charge in [0, 0.05) is 19.8 Å². The predicted octanol–water partition coefficient (Wildman–Crippen LogP) is 5.16. The lowest BCUT2D eigenvalue weighted by molar-refractivity contribution is 1.13. The minimum absolute atomic E-state index is 1.25. The zero-order valence-corrected chi connectivity index (χ0v) is 16.7. The van der Waals surface area contributed by atoms with Crippen LogP contribution >= 0.6 is 0 Å². The van der Waals surface area contributed by atoms with Crippen LogP contribution in [0.3, 0.4) is 0 Å². The van der Waals surface area contributed by atoms with Gasteiger partial charge in [-0.25, -0.2) is 0 Å². The summed E-state index contributed by atoms with van der Waals surface area (Å²) in [5.74, 6) is 0. The zero-order chi connectivity index (χ0) is 19.5. The highest BCUT2D eigenvalue weighted by atomic mass is 15.1. The number of rotatable bonds is 1. The molecule has 5 rings (SSSR count). The van der Waals surface area contributed by atoms with Crippen molar-refractivity contribution in [3.8, 4) is 0 Å². The molecule has 0 aromatic heterocycles. The number of para-hydroxylation sites is 1. The van der Waals surface area contributed by atoms with Crippen molar-refractivity contribution in [1.29, 1.82) is 0 Å². The SMILES string of the molecule is Bc1cccc2ccc3cc4ccccc4cc3c12.CN(C)c1ccccc1. The molecular formula is C26H24BN. The Morgan fingerprint density at radius 2 is 1.18 bits per heavy atom. The maximum atomic E-state index is 2.32. The van der Waals surface area contributed by atoms with E-state index < -0.39 is 0 Å². The normalized spacial score (nSPS) is 10.6. The standard InChI is InChI=1S/C18H13B.C8H11N/c19-17-7-3-6-12-8-9-15-10-13-4-1-2-5-14(13)11-16(15)18(12)17;1-9(2)8-6-4-3-5-7-8/h1-11H,19H2;3-7H,1-2H3. The molecule has 28 heavy (non-hydrogen) atoms. The van der Waals surface area contributed by atoms with Crippen LogP contribution in [0, 0.1) is 0 Å². The van der Waals surface area contributed by atoms with Crippen molar-refractivity contribution in [3.63, 3.8) is 0 Å².